The van der Waals surface area contributed by atoms with Crippen LogP contribution in [-0.2, 0) is 13.1 Å². The van der Waals surface area contributed by atoms with Crippen LogP contribution >= 0.6 is 0 Å². The highest BCUT2D eigenvalue weighted by Crippen LogP contribution is 2.24. The van der Waals surface area contributed by atoms with Crippen molar-refractivity contribution in [1.82, 2.24) is 5.01 Å². The fraction of sp³-hybridized carbons (Fsp3) is 0.344. The van der Waals surface area contributed by atoms with Crippen LogP contribution in [0.4, 0.5) is 5.69 Å². The van der Waals surface area contributed by atoms with Crippen LogP contribution in [0.5, 0.6) is 5.75 Å². The van der Waals surface area contributed by atoms with E-state index in [9.17, 15) is 19.8 Å². The molecule has 3 aromatic rings. The Bertz CT molecular complexity index is 1360. The van der Waals surface area contributed by atoms with Crippen LogP contribution in [0.25, 0.3) is 11.1 Å². The molecular weight excluding hydrogens is 506 g/mol. The van der Waals surface area contributed by atoms with Crippen LogP contribution in [0.15, 0.2) is 80.7 Å². The second kappa shape index (κ2) is 14.8. The maximum Gasteiger partial charge on any atom is 0.227 e. The fourth-order valence-corrected chi connectivity index (χ4v) is 4.15. The molecule has 1 atom stereocenters. The highest BCUT2D eigenvalue weighted by Gasteiger charge is 2.14. The van der Waals surface area contributed by atoms with Gasteiger partial charge < -0.3 is 19.9 Å². The number of carbonyl (C=O) groups is 1. The van der Waals surface area contributed by atoms with Crippen LogP contribution < -0.4 is 10.7 Å². The van der Waals surface area contributed by atoms with E-state index in [1.54, 1.807) is 6.20 Å². The van der Waals surface area contributed by atoms with Gasteiger partial charge in [-0.25, -0.2) is 0 Å². The molecule has 2 aromatic carbocycles. The van der Waals surface area contributed by atoms with Gasteiger partial charge in [0.25, 0.3) is 0 Å². The molecule has 1 heterocycles. The van der Waals surface area contributed by atoms with Crippen molar-refractivity contribution in [3.8, 4) is 16.9 Å². The summed E-state index contributed by atoms with van der Waals surface area (Å²) >= 11 is 0. The van der Waals surface area contributed by atoms with Crippen LogP contribution in [0.3, 0.4) is 0 Å². The van der Waals surface area contributed by atoms with Gasteiger partial charge in [-0.2, -0.15) is 5.10 Å². The van der Waals surface area contributed by atoms with Gasteiger partial charge in [-0.15, -0.1) is 0 Å². The van der Waals surface area contributed by atoms with Gasteiger partial charge in [-0.3, -0.25) is 14.6 Å². The number of hydrogen-bond donors (Lipinski definition) is 3. The van der Waals surface area contributed by atoms with E-state index in [0.717, 1.165) is 47.2 Å². The van der Waals surface area contributed by atoms with E-state index < -0.39 is 11.2 Å². The lowest BCUT2D eigenvalue weighted by atomic mass is 10.0. The highest BCUT2D eigenvalue weighted by molar-refractivity contribution is 5.96. The summed E-state index contributed by atoms with van der Waals surface area (Å²) in [6, 6.07) is 16.6. The molecule has 0 bridgehead atoms. The minimum Gasteiger partial charge on any atom is -0.502 e. The summed E-state index contributed by atoms with van der Waals surface area (Å²) in [6.45, 7) is 9.78. The van der Waals surface area contributed by atoms with E-state index >= 15 is 0 Å². The second-order valence-corrected chi connectivity index (χ2v) is 9.79. The summed E-state index contributed by atoms with van der Waals surface area (Å²) in [4.78, 5) is 24.6. The predicted octanol–water partition coefficient (Wildman–Crippen LogP) is 6.34. The number of rotatable bonds is 15. The van der Waals surface area contributed by atoms with Gasteiger partial charge in [0, 0.05) is 36.7 Å². The molecule has 0 aliphatic heterocycles. The third kappa shape index (κ3) is 8.16. The Balaban J connectivity index is 1.68. The summed E-state index contributed by atoms with van der Waals surface area (Å²) in [6.07, 6.45) is 5.01. The van der Waals surface area contributed by atoms with Crippen LogP contribution in [0, 0.1) is 5.92 Å². The van der Waals surface area contributed by atoms with Gasteiger partial charge in [0.05, 0.1) is 19.7 Å². The van der Waals surface area contributed by atoms with Crippen LogP contribution in [0.2, 0.25) is 0 Å². The molecule has 8 heteroatoms. The van der Waals surface area contributed by atoms with E-state index in [2.05, 4.69) is 24.1 Å². The number of unbranched alkanes of at least 4 members (excludes halogenated alkanes) is 1. The van der Waals surface area contributed by atoms with Gasteiger partial charge in [-0.1, -0.05) is 63.6 Å². The summed E-state index contributed by atoms with van der Waals surface area (Å²) in [5, 5.41) is 28.6. The van der Waals surface area contributed by atoms with Crippen molar-refractivity contribution >= 4 is 18.2 Å². The van der Waals surface area contributed by atoms with Crippen molar-refractivity contribution in [2.24, 2.45) is 11.0 Å². The van der Waals surface area contributed by atoms with Gasteiger partial charge in [0.2, 0.25) is 11.2 Å². The molecule has 3 N–H and O–H groups in total. The number of carbonyl (C=O) groups excluding carboxylic acids is 1. The highest BCUT2D eigenvalue weighted by atomic mass is 16.4. The van der Waals surface area contributed by atoms with Crippen molar-refractivity contribution in [2.75, 3.05) is 11.9 Å². The number of Topliss-reactive ketones (excluding diaryl/α,β-unsaturated/α-hetero) is 1. The first-order valence-electron chi connectivity index (χ1n) is 13.7. The molecular formula is C32H39N3O5. The lowest BCUT2D eigenvalue weighted by Gasteiger charge is -2.18. The molecule has 0 saturated heterocycles. The van der Waals surface area contributed by atoms with Crippen molar-refractivity contribution in [1.29, 1.82) is 0 Å². The van der Waals surface area contributed by atoms with Gasteiger partial charge in [0.1, 0.15) is 5.76 Å². The maximum absolute atomic E-state index is 12.4. The van der Waals surface area contributed by atoms with Crippen LogP contribution in [0.1, 0.15) is 68.3 Å². The lowest BCUT2D eigenvalue weighted by Crippen LogP contribution is -2.16. The second-order valence-electron chi connectivity index (χ2n) is 9.79. The number of hydrazone groups is 1. The van der Waals surface area contributed by atoms with Crippen molar-refractivity contribution in [3.05, 3.63) is 93.7 Å². The molecule has 8 nitrogen and oxygen atoms in total. The Morgan fingerprint density at radius 3 is 2.35 bits per heavy atom. The van der Waals surface area contributed by atoms with E-state index in [1.165, 1.54) is 11.1 Å². The average molecular weight is 546 g/mol. The van der Waals surface area contributed by atoms with Crippen LogP contribution in [-0.4, -0.2) is 34.3 Å². The number of aromatic hydroxyl groups is 1. The summed E-state index contributed by atoms with van der Waals surface area (Å²) in [5.74, 6) is 0.277. The number of benzene rings is 2. The zero-order valence-electron chi connectivity index (χ0n) is 23.5. The normalized spacial score (nSPS) is 12.2. The van der Waals surface area contributed by atoms with E-state index in [4.69, 9.17) is 4.42 Å². The minimum atomic E-state index is -0.553. The maximum atomic E-state index is 12.4. The largest absolute Gasteiger partial charge is 0.502 e. The Kier molecular flexibility index (Phi) is 11.3. The smallest absolute Gasteiger partial charge is 0.227 e. The summed E-state index contributed by atoms with van der Waals surface area (Å²) < 4.78 is 5.83. The third-order valence-corrected chi connectivity index (χ3v) is 6.92. The Morgan fingerprint density at radius 2 is 1.77 bits per heavy atom. The Morgan fingerprint density at radius 1 is 1.12 bits per heavy atom. The average Bonchev–Trinajstić information content (AvgIpc) is 2.98. The molecule has 0 amide bonds. The summed E-state index contributed by atoms with van der Waals surface area (Å²) in [7, 11) is 0. The minimum absolute atomic E-state index is 0.0922. The first-order chi connectivity index (χ1) is 19.3. The van der Waals surface area contributed by atoms with E-state index in [1.807, 2.05) is 62.4 Å². The number of anilines is 1. The monoisotopic (exact) mass is 545 g/mol. The quantitative estimate of drug-likeness (QED) is 0.116. The Labute approximate surface area is 235 Å². The molecule has 3 rings (SSSR count). The van der Waals surface area contributed by atoms with Gasteiger partial charge in [0.15, 0.2) is 11.5 Å². The van der Waals surface area contributed by atoms with E-state index in [0.29, 0.717) is 12.2 Å². The van der Waals surface area contributed by atoms with E-state index in [-0.39, 0.29) is 37.2 Å². The molecule has 0 spiro atoms. The molecule has 0 radical (unpaired) electrons. The summed E-state index contributed by atoms with van der Waals surface area (Å²) in [5.41, 5.74) is 3.74. The zero-order chi connectivity index (χ0) is 29.1. The molecule has 40 heavy (non-hydrogen) atoms. The first-order valence-corrected chi connectivity index (χ1v) is 13.7. The standard InChI is InChI=1S/C32H39N3O5/c1-5-7-8-29(37)25-11-9-23(10-12-25)24-13-15-27(16-14-24)34-18-31-32(39)30(38)17-28(40-31)20-35(33-4)19-26(21-36)22(3)6-2/h9-17,19,22,34,36,39H,4-8,18,20-21H2,1-3H3. The van der Waals surface area contributed by atoms with Gasteiger partial charge in [-0.05, 0) is 47.6 Å². The number of aliphatic hydroxyl groups is 1. The molecule has 212 valence electrons. The number of ketones is 1. The molecule has 0 aliphatic carbocycles. The first kappa shape index (κ1) is 30.4. The number of nitrogens with zero attached hydrogens (tertiary/aromatic N) is 2. The van der Waals surface area contributed by atoms with Crippen molar-refractivity contribution < 1.29 is 19.4 Å². The molecule has 1 aromatic heterocycles. The lowest BCUT2D eigenvalue weighted by molar-refractivity contribution is 0.0979. The molecule has 0 aliphatic rings. The van der Waals surface area contributed by atoms with Crippen molar-refractivity contribution in [2.45, 2.75) is 59.5 Å². The predicted molar refractivity (Wildman–Crippen MR) is 159 cm³/mol. The third-order valence-electron chi connectivity index (χ3n) is 6.92. The molecule has 1 unspecified atom stereocenters. The van der Waals surface area contributed by atoms with Gasteiger partial charge >= 0.3 is 0 Å². The fourth-order valence-electron chi connectivity index (χ4n) is 4.15. The molecule has 0 saturated carbocycles. The zero-order valence-corrected chi connectivity index (χ0v) is 23.5. The number of hydrogen-bond acceptors (Lipinski definition) is 8. The van der Waals surface area contributed by atoms with Crippen molar-refractivity contribution in [3.63, 3.8) is 0 Å². The Hall–Kier alpha value is -4.17. The number of aliphatic hydroxyl groups excluding tert-OH is 1. The SMILES string of the molecule is C=NN(C=C(CO)C(C)CC)Cc1cc(=O)c(O)c(CNc2ccc(-c3ccc(C(=O)CCCC)cc3)cc2)o1. The molecule has 0 fully saturated rings. The topological polar surface area (TPSA) is 115 Å². The number of nitrogens with one attached hydrogen (secondary N) is 1.